The average Bonchev–Trinajstić information content (AvgIpc) is 2.66. The third-order valence-corrected chi connectivity index (χ3v) is 3.25. The van der Waals surface area contributed by atoms with E-state index in [4.69, 9.17) is 15.2 Å². The molecule has 0 aromatic heterocycles. The number of carbonyl (C=O) groups is 2. The van der Waals surface area contributed by atoms with Crippen LogP contribution in [0.4, 0.5) is 5.69 Å². The minimum Gasteiger partial charge on any atom is -0.480 e. The highest BCUT2D eigenvalue weighted by molar-refractivity contribution is 5.94. The van der Waals surface area contributed by atoms with Crippen LogP contribution in [0.1, 0.15) is 36.5 Å². The van der Waals surface area contributed by atoms with Crippen LogP contribution < -0.4 is 15.8 Å². The Hall–Kier alpha value is -2.24. The highest BCUT2D eigenvalue weighted by Crippen LogP contribution is 2.25. The summed E-state index contributed by atoms with van der Waals surface area (Å²) >= 11 is 0. The third kappa shape index (κ3) is 3.87. The van der Waals surface area contributed by atoms with Gasteiger partial charge in [-0.05, 0) is 44.4 Å². The molecule has 3 N–H and O–H groups in total. The molecule has 1 heterocycles. The zero-order valence-corrected chi connectivity index (χ0v) is 12.1. The quantitative estimate of drug-likeness (QED) is 0.648. The number of hydrogen-bond donors (Lipinski definition) is 2. The minimum atomic E-state index is -0.593. The second-order valence-corrected chi connectivity index (χ2v) is 4.87. The Labute approximate surface area is 123 Å². The lowest BCUT2D eigenvalue weighted by molar-refractivity contribution is -0.127. The van der Waals surface area contributed by atoms with Gasteiger partial charge < -0.3 is 20.5 Å². The molecule has 1 aromatic rings. The fraction of sp³-hybridized carbons (Fsp3) is 0.467. The van der Waals surface area contributed by atoms with Crippen molar-refractivity contribution >= 4 is 17.6 Å². The summed E-state index contributed by atoms with van der Waals surface area (Å²) in [5.74, 6) is -0.335. The molecule has 1 amide bonds. The summed E-state index contributed by atoms with van der Waals surface area (Å²) in [6.07, 6.45) is 1.85. The molecule has 6 heteroatoms. The number of anilines is 1. The molecule has 0 saturated carbocycles. The molecule has 1 aromatic carbocycles. The second kappa shape index (κ2) is 6.97. The van der Waals surface area contributed by atoms with Crippen molar-refractivity contribution in [1.29, 1.82) is 0 Å². The predicted molar refractivity (Wildman–Crippen MR) is 78.1 cm³/mol. The number of amides is 1. The fourth-order valence-corrected chi connectivity index (χ4v) is 2.20. The topological polar surface area (TPSA) is 90.7 Å². The summed E-state index contributed by atoms with van der Waals surface area (Å²) in [6, 6.07) is 4.73. The standard InChI is InChI=1S/C15H20N2O4/c1-2-20-15(19)11-9-10(16)6-7-12(11)21-13-5-3-4-8-17-14(13)18/h6-7,9,13H,2-5,8,16H2,1H3,(H,17,18). The second-order valence-electron chi connectivity index (χ2n) is 4.87. The first-order chi connectivity index (χ1) is 10.1. The van der Waals surface area contributed by atoms with E-state index in [0.29, 0.717) is 24.4 Å². The van der Waals surface area contributed by atoms with E-state index in [-0.39, 0.29) is 18.1 Å². The van der Waals surface area contributed by atoms with E-state index < -0.39 is 12.1 Å². The van der Waals surface area contributed by atoms with Gasteiger partial charge in [0.05, 0.1) is 6.61 Å². The maximum atomic E-state index is 12.0. The Morgan fingerprint density at radius 1 is 1.43 bits per heavy atom. The third-order valence-electron chi connectivity index (χ3n) is 3.25. The summed E-state index contributed by atoms with van der Waals surface area (Å²) in [7, 11) is 0. The van der Waals surface area contributed by atoms with E-state index in [1.165, 1.54) is 6.07 Å². The number of rotatable bonds is 4. The summed E-state index contributed by atoms with van der Waals surface area (Å²) in [5.41, 5.74) is 6.39. The molecule has 1 aliphatic rings. The van der Waals surface area contributed by atoms with Crippen LogP contribution in [0.2, 0.25) is 0 Å². The normalized spacial score (nSPS) is 18.5. The van der Waals surface area contributed by atoms with Gasteiger partial charge in [0.25, 0.3) is 5.91 Å². The summed E-state index contributed by atoms with van der Waals surface area (Å²) in [6.45, 7) is 2.64. The van der Waals surface area contributed by atoms with Gasteiger partial charge in [0.2, 0.25) is 0 Å². The van der Waals surface area contributed by atoms with Crippen LogP contribution in [0.15, 0.2) is 18.2 Å². The van der Waals surface area contributed by atoms with Crippen molar-refractivity contribution in [3.8, 4) is 5.75 Å². The zero-order valence-electron chi connectivity index (χ0n) is 12.1. The maximum absolute atomic E-state index is 12.0. The van der Waals surface area contributed by atoms with Gasteiger partial charge in [-0.3, -0.25) is 4.79 Å². The van der Waals surface area contributed by atoms with Crippen molar-refractivity contribution in [1.82, 2.24) is 5.32 Å². The molecule has 1 saturated heterocycles. The average molecular weight is 292 g/mol. The van der Waals surface area contributed by atoms with Crippen molar-refractivity contribution < 1.29 is 19.1 Å². The molecule has 0 bridgehead atoms. The molecular formula is C15H20N2O4. The van der Waals surface area contributed by atoms with E-state index in [2.05, 4.69) is 5.32 Å². The first-order valence-corrected chi connectivity index (χ1v) is 7.13. The summed E-state index contributed by atoms with van der Waals surface area (Å²) < 4.78 is 10.7. The van der Waals surface area contributed by atoms with Crippen LogP contribution >= 0.6 is 0 Å². The molecular weight excluding hydrogens is 272 g/mol. The SMILES string of the molecule is CCOC(=O)c1cc(N)ccc1OC1CCCCNC1=O. The van der Waals surface area contributed by atoms with Crippen molar-refractivity contribution in [2.45, 2.75) is 32.3 Å². The number of nitrogen functional groups attached to an aromatic ring is 1. The molecule has 1 fully saturated rings. The van der Waals surface area contributed by atoms with Crippen molar-refractivity contribution in [2.24, 2.45) is 0 Å². The van der Waals surface area contributed by atoms with Gasteiger partial charge in [0, 0.05) is 12.2 Å². The molecule has 0 radical (unpaired) electrons. The molecule has 1 aliphatic heterocycles. The number of hydrogen-bond acceptors (Lipinski definition) is 5. The van der Waals surface area contributed by atoms with Crippen LogP contribution in [0, 0.1) is 0 Å². The van der Waals surface area contributed by atoms with E-state index in [1.54, 1.807) is 19.1 Å². The van der Waals surface area contributed by atoms with Crippen LogP contribution in [0.25, 0.3) is 0 Å². The zero-order chi connectivity index (χ0) is 15.2. The smallest absolute Gasteiger partial charge is 0.341 e. The highest BCUT2D eigenvalue weighted by atomic mass is 16.5. The van der Waals surface area contributed by atoms with Gasteiger partial charge >= 0.3 is 5.97 Å². The lowest BCUT2D eigenvalue weighted by Crippen LogP contribution is -2.36. The number of esters is 1. The van der Waals surface area contributed by atoms with Crippen LogP contribution in [-0.2, 0) is 9.53 Å². The highest BCUT2D eigenvalue weighted by Gasteiger charge is 2.24. The number of carbonyl (C=O) groups excluding carboxylic acids is 2. The Balaban J connectivity index is 2.22. The van der Waals surface area contributed by atoms with Crippen molar-refractivity contribution in [3.63, 3.8) is 0 Å². The van der Waals surface area contributed by atoms with Gasteiger partial charge in [-0.1, -0.05) is 0 Å². The summed E-state index contributed by atoms with van der Waals surface area (Å²) in [5, 5.41) is 2.80. The minimum absolute atomic E-state index is 0.154. The van der Waals surface area contributed by atoms with Crippen molar-refractivity contribution in [2.75, 3.05) is 18.9 Å². The molecule has 6 nitrogen and oxygen atoms in total. The van der Waals surface area contributed by atoms with E-state index in [9.17, 15) is 9.59 Å². The predicted octanol–water partition coefficient (Wildman–Crippen LogP) is 1.49. The first kappa shape index (κ1) is 15.2. The lowest BCUT2D eigenvalue weighted by Gasteiger charge is -2.18. The Kier molecular flexibility index (Phi) is 5.03. The van der Waals surface area contributed by atoms with Gasteiger partial charge in [0.15, 0.2) is 6.10 Å². The number of benzene rings is 1. The fourth-order valence-electron chi connectivity index (χ4n) is 2.20. The maximum Gasteiger partial charge on any atom is 0.341 e. The largest absolute Gasteiger partial charge is 0.480 e. The van der Waals surface area contributed by atoms with Gasteiger partial charge in [-0.2, -0.15) is 0 Å². The van der Waals surface area contributed by atoms with Crippen molar-refractivity contribution in [3.05, 3.63) is 23.8 Å². The van der Waals surface area contributed by atoms with Crippen LogP contribution in [0.3, 0.4) is 0 Å². The summed E-state index contributed by atoms with van der Waals surface area (Å²) in [4.78, 5) is 23.9. The first-order valence-electron chi connectivity index (χ1n) is 7.13. The number of nitrogens with one attached hydrogen (secondary N) is 1. The molecule has 21 heavy (non-hydrogen) atoms. The monoisotopic (exact) mass is 292 g/mol. The van der Waals surface area contributed by atoms with E-state index in [1.807, 2.05) is 0 Å². The van der Waals surface area contributed by atoms with Crippen LogP contribution in [-0.4, -0.2) is 31.1 Å². The molecule has 114 valence electrons. The Morgan fingerprint density at radius 3 is 3.00 bits per heavy atom. The Morgan fingerprint density at radius 2 is 2.24 bits per heavy atom. The van der Waals surface area contributed by atoms with Gasteiger partial charge in [-0.15, -0.1) is 0 Å². The Bertz CT molecular complexity index is 530. The van der Waals surface area contributed by atoms with E-state index >= 15 is 0 Å². The number of nitrogens with two attached hydrogens (primary N) is 1. The van der Waals surface area contributed by atoms with Gasteiger partial charge in [-0.25, -0.2) is 4.79 Å². The van der Waals surface area contributed by atoms with E-state index in [0.717, 1.165) is 12.8 Å². The van der Waals surface area contributed by atoms with Gasteiger partial charge in [0.1, 0.15) is 11.3 Å². The van der Waals surface area contributed by atoms with Crippen LogP contribution in [0.5, 0.6) is 5.75 Å². The molecule has 2 rings (SSSR count). The molecule has 0 aliphatic carbocycles. The lowest BCUT2D eigenvalue weighted by atomic mass is 10.1. The molecule has 1 atom stereocenters. The molecule has 0 spiro atoms. The number of ether oxygens (including phenoxy) is 2. The molecule has 1 unspecified atom stereocenters.